The Balaban J connectivity index is 1.15. The van der Waals surface area contributed by atoms with E-state index in [0.717, 1.165) is 12.1 Å². The standard InChI is InChI=1S/C46H32N2S/c1-2-12-31(13-3-1)36-15-6-9-19-41(36)47(35-27-28-39-38-17-8-11-21-44(38)49-45(39)30-35)33-23-25-34(26-24-33)48-42-20-10-7-18-40(42)46-37-16-5-4-14-32(37)22-29-43(46)48/h1-26,28-30,35H,27H2. The van der Waals surface area contributed by atoms with Crippen LogP contribution in [-0.4, -0.2) is 10.6 Å². The molecule has 1 unspecified atom stereocenters. The van der Waals surface area contributed by atoms with Crippen molar-refractivity contribution in [2.24, 2.45) is 0 Å². The molecule has 0 amide bonds. The number of benzene rings is 7. The fourth-order valence-corrected chi connectivity index (χ4v) is 9.11. The van der Waals surface area contributed by atoms with Crippen molar-refractivity contribution in [2.45, 2.75) is 12.5 Å². The van der Waals surface area contributed by atoms with E-state index in [4.69, 9.17) is 0 Å². The number of hydrogen-bond acceptors (Lipinski definition) is 2. The highest BCUT2D eigenvalue weighted by Crippen LogP contribution is 2.40. The molecule has 0 spiro atoms. The molecule has 1 aliphatic carbocycles. The molecule has 3 heteroatoms. The minimum absolute atomic E-state index is 0.163. The Kier molecular flexibility index (Phi) is 6.53. The lowest BCUT2D eigenvalue weighted by molar-refractivity contribution is 0.840. The van der Waals surface area contributed by atoms with Gasteiger partial charge in [0.1, 0.15) is 0 Å². The third-order valence-corrected chi connectivity index (χ3v) is 11.2. The largest absolute Gasteiger partial charge is 0.334 e. The summed E-state index contributed by atoms with van der Waals surface area (Å²) >= 11 is 1.90. The van der Waals surface area contributed by atoms with E-state index >= 15 is 0 Å². The zero-order valence-electron chi connectivity index (χ0n) is 26.8. The summed E-state index contributed by atoms with van der Waals surface area (Å²) in [6, 6.07) is 59.9. The third-order valence-electron chi connectivity index (χ3n) is 10.1. The van der Waals surface area contributed by atoms with E-state index in [1.54, 1.807) is 0 Å². The molecule has 2 aromatic heterocycles. The van der Waals surface area contributed by atoms with E-state index in [1.807, 2.05) is 11.3 Å². The van der Waals surface area contributed by atoms with Gasteiger partial charge >= 0.3 is 0 Å². The zero-order chi connectivity index (χ0) is 32.3. The van der Waals surface area contributed by atoms with Gasteiger partial charge in [-0.3, -0.25) is 0 Å². The van der Waals surface area contributed by atoms with Crippen molar-refractivity contribution in [1.29, 1.82) is 0 Å². The van der Waals surface area contributed by atoms with Crippen LogP contribution >= 0.6 is 11.3 Å². The summed E-state index contributed by atoms with van der Waals surface area (Å²) in [6.45, 7) is 0. The summed E-state index contributed by atoms with van der Waals surface area (Å²) in [7, 11) is 0. The van der Waals surface area contributed by atoms with E-state index in [1.165, 1.54) is 74.9 Å². The normalized spacial score (nSPS) is 14.2. The zero-order valence-corrected chi connectivity index (χ0v) is 27.6. The summed E-state index contributed by atoms with van der Waals surface area (Å²) < 4.78 is 5.13. The Hall–Kier alpha value is -5.90. The molecule has 0 radical (unpaired) electrons. The lowest BCUT2D eigenvalue weighted by atomic mass is 9.98. The highest BCUT2D eigenvalue weighted by molar-refractivity contribution is 7.17. The molecule has 0 N–H and O–H groups in total. The predicted octanol–water partition coefficient (Wildman–Crippen LogP) is 11.0. The molecule has 0 fully saturated rings. The molecule has 0 aliphatic heterocycles. The second kappa shape index (κ2) is 11.4. The van der Waals surface area contributed by atoms with Gasteiger partial charge in [0.15, 0.2) is 0 Å². The summed E-state index contributed by atoms with van der Waals surface area (Å²) in [5.41, 5.74) is 8.46. The minimum atomic E-state index is 0.163. The SMILES string of the molecule is C1=c2sc3ccccc3c2=CCC1N(c1ccc(-n2c3ccccc3c3c4ccccc4ccc32)cc1)c1ccccc1-c1ccccc1. The molecule has 2 nitrogen and oxygen atoms in total. The number of thiophene rings is 1. The van der Waals surface area contributed by atoms with Gasteiger partial charge in [0.25, 0.3) is 0 Å². The second-order valence-electron chi connectivity index (χ2n) is 12.9. The number of fused-ring (bicyclic) bond motifs is 8. The molecule has 0 saturated heterocycles. The van der Waals surface area contributed by atoms with Crippen LogP contribution in [0.1, 0.15) is 6.42 Å². The predicted molar refractivity (Wildman–Crippen MR) is 211 cm³/mol. The molecule has 232 valence electrons. The molecule has 2 heterocycles. The van der Waals surface area contributed by atoms with E-state index in [0.29, 0.717) is 0 Å². The molecule has 0 bridgehead atoms. The summed E-state index contributed by atoms with van der Waals surface area (Å²) in [5, 5.41) is 7.88. The van der Waals surface area contributed by atoms with Crippen LogP contribution < -0.4 is 14.7 Å². The number of nitrogens with zero attached hydrogens (tertiary/aromatic N) is 2. The Bertz CT molecular complexity index is 2810. The number of para-hydroxylation sites is 2. The third kappa shape index (κ3) is 4.54. The number of aromatic nitrogens is 1. The van der Waals surface area contributed by atoms with Crippen molar-refractivity contribution < 1.29 is 0 Å². The molecule has 9 aromatic rings. The van der Waals surface area contributed by atoms with Crippen LogP contribution in [0.15, 0.2) is 164 Å². The van der Waals surface area contributed by atoms with Gasteiger partial charge in [0, 0.05) is 42.6 Å². The average Bonchev–Trinajstić information content (AvgIpc) is 3.71. The molecule has 1 aliphatic rings. The van der Waals surface area contributed by atoms with Crippen LogP contribution in [0, 0.1) is 0 Å². The summed E-state index contributed by atoms with van der Waals surface area (Å²) in [5.74, 6) is 0. The molecular weight excluding hydrogens is 613 g/mol. The lowest BCUT2D eigenvalue weighted by Gasteiger charge is -2.34. The number of rotatable bonds is 5. The van der Waals surface area contributed by atoms with Crippen LogP contribution in [-0.2, 0) is 0 Å². The van der Waals surface area contributed by atoms with Crippen LogP contribution in [0.4, 0.5) is 11.4 Å². The molecule has 49 heavy (non-hydrogen) atoms. The maximum atomic E-state index is 2.55. The smallest absolute Gasteiger partial charge is 0.0574 e. The Morgan fingerprint density at radius 3 is 2.16 bits per heavy atom. The van der Waals surface area contributed by atoms with Crippen molar-refractivity contribution in [3.63, 3.8) is 0 Å². The maximum absolute atomic E-state index is 2.55. The van der Waals surface area contributed by atoms with Gasteiger partial charge < -0.3 is 9.47 Å². The van der Waals surface area contributed by atoms with Gasteiger partial charge in [-0.1, -0.05) is 121 Å². The first-order valence-electron chi connectivity index (χ1n) is 17.0. The van der Waals surface area contributed by atoms with Gasteiger partial charge in [0.2, 0.25) is 0 Å². The quantitative estimate of drug-likeness (QED) is 0.181. The Labute approximate surface area is 288 Å². The van der Waals surface area contributed by atoms with Crippen LogP contribution in [0.5, 0.6) is 0 Å². The van der Waals surface area contributed by atoms with Crippen molar-refractivity contribution >= 4 is 77.5 Å². The highest BCUT2D eigenvalue weighted by atomic mass is 32.1. The first kappa shape index (κ1) is 28.1. The van der Waals surface area contributed by atoms with Crippen molar-refractivity contribution in [3.8, 4) is 16.8 Å². The number of hydrogen-bond donors (Lipinski definition) is 0. The van der Waals surface area contributed by atoms with Gasteiger partial charge in [-0.25, -0.2) is 0 Å². The minimum Gasteiger partial charge on any atom is -0.334 e. The number of anilines is 2. The van der Waals surface area contributed by atoms with Gasteiger partial charge in [-0.05, 0) is 88.0 Å². The van der Waals surface area contributed by atoms with E-state index in [9.17, 15) is 0 Å². The second-order valence-corrected chi connectivity index (χ2v) is 13.9. The summed E-state index contributed by atoms with van der Waals surface area (Å²) in [4.78, 5) is 2.55. The molecule has 0 saturated carbocycles. The van der Waals surface area contributed by atoms with Crippen molar-refractivity contribution in [1.82, 2.24) is 4.57 Å². The van der Waals surface area contributed by atoms with E-state index in [2.05, 4.69) is 185 Å². The molecule has 10 rings (SSSR count). The Morgan fingerprint density at radius 1 is 0.571 bits per heavy atom. The average molecular weight is 645 g/mol. The molecule has 7 aromatic carbocycles. The molecule has 1 atom stereocenters. The first-order chi connectivity index (χ1) is 24.3. The topological polar surface area (TPSA) is 8.17 Å². The van der Waals surface area contributed by atoms with Crippen LogP contribution in [0.25, 0.3) is 71.6 Å². The van der Waals surface area contributed by atoms with Crippen molar-refractivity contribution in [3.05, 3.63) is 174 Å². The summed E-state index contributed by atoms with van der Waals surface area (Å²) in [6.07, 6.45) is 5.88. The van der Waals surface area contributed by atoms with E-state index < -0.39 is 0 Å². The monoisotopic (exact) mass is 644 g/mol. The highest BCUT2D eigenvalue weighted by Gasteiger charge is 2.24. The fourth-order valence-electron chi connectivity index (χ4n) is 7.91. The lowest BCUT2D eigenvalue weighted by Crippen LogP contribution is -2.36. The van der Waals surface area contributed by atoms with Crippen molar-refractivity contribution in [2.75, 3.05) is 4.90 Å². The fraction of sp³-hybridized carbons (Fsp3) is 0.0435. The van der Waals surface area contributed by atoms with Gasteiger partial charge in [-0.15, -0.1) is 11.3 Å². The Morgan fingerprint density at radius 2 is 1.29 bits per heavy atom. The first-order valence-corrected chi connectivity index (χ1v) is 17.8. The van der Waals surface area contributed by atoms with Gasteiger partial charge in [0.05, 0.1) is 17.1 Å². The van der Waals surface area contributed by atoms with Gasteiger partial charge in [-0.2, -0.15) is 0 Å². The van der Waals surface area contributed by atoms with E-state index in [-0.39, 0.29) is 6.04 Å². The maximum Gasteiger partial charge on any atom is 0.0574 e. The van der Waals surface area contributed by atoms with Crippen LogP contribution in [0.2, 0.25) is 0 Å². The molecular formula is C46H32N2S. The van der Waals surface area contributed by atoms with Crippen LogP contribution in [0.3, 0.4) is 0 Å².